The van der Waals surface area contributed by atoms with Crippen LogP contribution in [0.3, 0.4) is 0 Å². The second kappa shape index (κ2) is 19.7. The smallest absolute Gasteiger partial charge is 0.320 e. The lowest BCUT2D eigenvalue weighted by atomic mass is 9.92. The van der Waals surface area contributed by atoms with Crippen LogP contribution in [0.15, 0.2) is 60.7 Å². The van der Waals surface area contributed by atoms with Crippen molar-refractivity contribution < 1.29 is 19.1 Å². The molecule has 8 nitrogen and oxygen atoms in total. The van der Waals surface area contributed by atoms with Crippen LogP contribution in [0, 0.1) is 10.8 Å². The highest BCUT2D eigenvalue weighted by atomic mass is 16.6. The molecule has 0 heterocycles. The van der Waals surface area contributed by atoms with Crippen LogP contribution in [0.1, 0.15) is 94.2 Å². The third kappa shape index (κ3) is 21.4. The number of carbonyl (C=O) groups excluding carboxylic acids is 2. The van der Waals surface area contributed by atoms with Gasteiger partial charge in [0.2, 0.25) is 0 Å². The number of benzene rings is 2. The maximum Gasteiger partial charge on any atom is 0.320 e. The Balaban J connectivity index is 2.27. The first-order chi connectivity index (χ1) is 23.1. The minimum Gasteiger partial charge on any atom is -0.459 e. The van der Waals surface area contributed by atoms with Gasteiger partial charge >= 0.3 is 11.9 Å². The van der Waals surface area contributed by atoms with Crippen molar-refractivity contribution in [3.63, 3.8) is 0 Å². The van der Waals surface area contributed by atoms with Crippen LogP contribution < -0.4 is 0 Å². The fourth-order valence-electron chi connectivity index (χ4n) is 5.95. The van der Waals surface area contributed by atoms with E-state index < -0.39 is 11.2 Å². The van der Waals surface area contributed by atoms with E-state index in [1.54, 1.807) is 0 Å². The van der Waals surface area contributed by atoms with E-state index in [9.17, 15) is 9.59 Å². The van der Waals surface area contributed by atoms with Crippen molar-refractivity contribution in [2.24, 2.45) is 10.8 Å². The Morgan fingerprint density at radius 3 is 1.06 bits per heavy atom. The number of ether oxygens (including phenoxy) is 2. The Labute approximate surface area is 305 Å². The summed E-state index contributed by atoms with van der Waals surface area (Å²) >= 11 is 0. The van der Waals surface area contributed by atoms with Gasteiger partial charge in [-0.1, -0.05) is 102 Å². The van der Waals surface area contributed by atoms with Crippen LogP contribution in [0.4, 0.5) is 0 Å². The number of carbonyl (C=O) groups is 2. The molecule has 0 unspecified atom stereocenters. The molecular weight excluding hydrogens is 624 g/mol. The molecule has 50 heavy (non-hydrogen) atoms. The molecular formula is C42H70N4O4. The lowest BCUT2D eigenvalue weighted by Gasteiger charge is -2.36. The van der Waals surface area contributed by atoms with Crippen molar-refractivity contribution in [3.05, 3.63) is 71.8 Å². The monoisotopic (exact) mass is 695 g/mol. The highest BCUT2D eigenvalue weighted by Crippen LogP contribution is 2.21. The van der Waals surface area contributed by atoms with Gasteiger partial charge in [-0.05, 0) is 63.5 Å². The fourth-order valence-corrected chi connectivity index (χ4v) is 5.95. The van der Waals surface area contributed by atoms with Gasteiger partial charge in [-0.2, -0.15) is 0 Å². The number of esters is 2. The Bertz CT molecular complexity index is 1210. The van der Waals surface area contributed by atoms with Crippen molar-refractivity contribution >= 4 is 11.9 Å². The van der Waals surface area contributed by atoms with Gasteiger partial charge in [0.15, 0.2) is 0 Å². The fraction of sp³-hybridized carbons (Fsp3) is 0.667. The maximum absolute atomic E-state index is 12.9. The van der Waals surface area contributed by atoms with Crippen molar-refractivity contribution in [1.82, 2.24) is 19.6 Å². The van der Waals surface area contributed by atoms with Gasteiger partial charge in [-0.3, -0.25) is 24.3 Å². The Hall–Kier alpha value is -2.78. The molecule has 2 aromatic rings. The first-order valence-electron chi connectivity index (χ1n) is 18.5. The minimum absolute atomic E-state index is 0.0210. The van der Waals surface area contributed by atoms with E-state index in [1.165, 1.54) is 11.1 Å². The van der Waals surface area contributed by atoms with Gasteiger partial charge in [0.1, 0.15) is 11.2 Å². The van der Waals surface area contributed by atoms with Crippen molar-refractivity contribution in [1.29, 1.82) is 0 Å². The summed E-state index contributed by atoms with van der Waals surface area (Å²) in [5, 5.41) is 0. The summed E-state index contributed by atoms with van der Waals surface area (Å²) in [6.45, 7) is 33.8. The molecule has 0 spiro atoms. The van der Waals surface area contributed by atoms with Gasteiger partial charge in [-0.25, -0.2) is 0 Å². The van der Waals surface area contributed by atoms with Crippen LogP contribution in [0.5, 0.6) is 0 Å². The van der Waals surface area contributed by atoms with E-state index in [0.29, 0.717) is 13.1 Å². The van der Waals surface area contributed by atoms with E-state index >= 15 is 0 Å². The van der Waals surface area contributed by atoms with Crippen molar-refractivity contribution in [3.8, 4) is 0 Å². The number of nitrogens with zero attached hydrogens (tertiary/aromatic N) is 4. The lowest BCUT2D eigenvalue weighted by Crippen LogP contribution is -2.45. The van der Waals surface area contributed by atoms with E-state index in [4.69, 9.17) is 9.47 Å². The largest absolute Gasteiger partial charge is 0.459 e. The summed E-state index contributed by atoms with van der Waals surface area (Å²) < 4.78 is 11.3. The Kier molecular flexibility index (Phi) is 17.1. The van der Waals surface area contributed by atoms with Crippen LogP contribution in [0.25, 0.3) is 0 Å². The third-order valence-electron chi connectivity index (χ3n) is 7.64. The molecule has 0 aliphatic carbocycles. The average molecular weight is 695 g/mol. The molecule has 282 valence electrons. The Morgan fingerprint density at radius 1 is 0.460 bits per heavy atom. The predicted octanol–water partition coefficient (Wildman–Crippen LogP) is 7.37. The molecule has 2 rings (SSSR count). The molecule has 0 aromatic heterocycles. The topological polar surface area (TPSA) is 65.6 Å². The van der Waals surface area contributed by atoms with Crippen molar-refractivity contribution in [2.75, 3.05) is 65.4 Å². The van der Waals surface area contributed by atoms with Crippen molar-refractivity contribution in [2.45, 2.75) is 107 Å². The van der Waals surface area contributed by atoms with Crippen LogP contribution >= 0.6 is 0 Å². The zero-order valence-electron chi connectivity index (χ0n) is 33.7. The summed E-state index contributed by atoms with van der Waals surface area (Å²) in [7, 11) is 0. The average Bonchev–Trinajstić information content (AvgIpc) is 2.94. The predicted molar refractivity (Wildman–Crippen MR) is 207 cm³/mol. The quantitative estimate of drug-likeness (QED) is 0.141. The van der Waals surface area contributed by atoms with Gasteiger partial charge in [-0.15, -0.1) is 0 Å². The van der Waals surface area contributed by atoms with Gasteiger partial charge in [0.25, 0.3) is 0 Å². The van der Waals surface area contributed by atoms with Crippen LogP contribution in [-0.2, 0) is 32.2 Å². The molecule has 0 N–H and O–H groups in total. The lowest BCUT2D eigenvalue weighted by molar-refractivity contribution is -0.160. The molecule has 0 amide bonds. The molecule has 0 aliphatic rings. The zero-order valence-corrected chi connectivity index (χ0v) is 33.7. The standard InChI is InChI=1S/C42H70N4O4/c1-39(2,3)33-46(34-40(4,5)6)28-26-44(30-36-21-17-14-18-22-36)24-23-43(29-35-19-15-13-16-20-35)25-27-45(31-37(47)49-41(7,8)9)32-38(48)50-42(10,11)12/h13-22H,23-34H2,1-12H3. The van der Waals surface area contributed by atoms with E-state index in [0.717, 1.165) is 52.4 Å². The highest BCUT2D eigenvalue weighted by molar-refractivity contribution is 5.75. The van der Waals surface area contributed by atoms with E-state index in [2.05, 4.69) is 111 Å². The highest BCUT2D eigenvalue weighted by Gasteiger charge is 2.25. The second-order valence-electron chi connectivity index (χ2n) is 18.2. The van der Waals surface area contributed by atoms with E-state index in [-0.39, 0.29) is 35.9 Å². The molecule has 0 aliphatic heterocycles. The molecule has 0 bridgehead atoms. The van der Waals surface area contributed by atoms with Gasteiger partial charge in [0, 0.05) is 65.4 Å². The molecule has 0 fully saturated rings. The van der Waals surface area contributed by atoms with Gasteiger partial charge in [0.05, 0.1) is 13.1 Å². The molecule has 8 heteroatoms. The van der Waals surface area contributed by atoms with Crippen LogP contribution in [0.2, 0.25) is 0 Å². The summed E-state index contributed by atoms with van der Waals surface area (Å²) in [6, 6.07) is 21.2. The summed E-state index contributed by atoms with van der Waals surface area (Å²) in [6.07, 6.45) is 0. The van der Waals surface area contributed by atoms with Crippen LogP contribution in [-0.4, -0.2) is 108 Å². The Morgan fingerprint density at radius 2 is 0.760 bits per heavy atom. The molecule has 0 saturated carbocycles. The maximum atomic E-state index is 12.9. The first-order valence-corrected chi connectivity index (χ1v) is 18.5. The molecule has 0 radical (unpaired) electrons. The molecule has 0 atom stereocenters. The summed E-state index contributed by atoms with van der Waals surface area (Å²) in [5.74, 6) is -0.695. The summed E-state index contributed by atoms with van der Waals surface area (Å²) in [4.78, 5) is 35.3. The number of rotatable bonds is 19. The number of hydrogen-bond donors (Lipinski definition) is 0. The van der Waals surface area contributed by atoms with E-state index in [1.807, 2.05) is 52.5 Å². The minimum atomic E-state index is -0.606. The SMILES string of the molecule is CC(C)(C)CN(CCN(CCN(CCN(CC(=O)OC(C)(C)C)CC(=O)OC(C)(C)C)Cc1ccccc1)Cc1ccccc1)CC(C)(C)C. The second-order valence-corrected chi connectivity index (χ2v) is 18.2. The normalized spacial score (nSPS) is 13.0. The molecule has 2 aromatic carbocycles. The van der Waals surface area contributed by atoms with Gasteiger partial charge < -0.3 is 14.4 Å². The number of hydrogen-bond acceptors (Lipinski definition) is 8. The molecule has 0 saturated heterocycles. The third-order valence-corrected chi connectivity index (χ3v) is 7.64. The zero-order chi connectivity index (χ0) is 37.6. The first kappa shape index (κ1) is 43.4. The summed E-state index contributed by atoms with van der Waals surface area (Å²) in [5.41, 5.74) is 1.76.